The lowest BCUT2D eigenvalue weighted by Gasteiger charge is -2.07. The average molecular weight is 280 g/mol. The van der Waals surface area contributed by atoms with Crippen molar-refractivity contribution >= 4 is 5.52 Å². The van der Waals surface area contributed by atoms with Crippen molar-refractivity contribution in [1.29, 1.82) is 0 Å². The molecule has 0 spiro atoms. The van der Waals surface area contributed by atoms with E-state index in [1.54, 1.807) is 35.4 Å². The van der Waals surface area contributed by atoms with Crippen molar-refractivity contribution in [3.05, 3.63) is 42.5 Å². The van der Waals surface area contributed by atoms with Gasteiger partial charge in [-0.3, -0.25) is 4.68 Å². The predicted octanol–water partition coefficient (Wildman–Crippen LogP) is 1.86. The topological polar surface area (TPSA) is 55.3 Å². The highest BCUT2D eigenvalue weighted by Crippen LogP contribution is 2.22. The van der Waals surface area contributed by atoms with Gasteiger partial charge in [0.1, 0.15) is 5.60 Å². The Kier molecular flexibility index (Phi) is 3.04. The van der Waals surface area contributed by atoms with E-state index >= 15 is 0 Å². The Balaban J connectivity index is 2.18. The summed E-state index contributed by atoms with van der Waals surface area (Å²) in [4.78, 5) is 0. The fourth-order valence-electron chi connectivity index (χ4n) is 2.08. The first-order valence-electron chi connectivity index (χ1n) is 6.64. The molecule has 5 nitrogen and oxygen atoms in total. The van der Waals surface area contributed by atoms with Gasteiger partial charge in [-0.25, -0.2) is 4.52 Å². The fourth-order valence-corrected chi connectivity index (χ4v) is 2.08. The lowest BCUT2D eigenvalue weighted by Crippen LogP contribution is -2.14. The minimum Gasteiger partial charge on any atom is -0.378 e. The van der Waals surface area contributed by atoms with Gasteiger partial charge < -0.3 is 5.11 Å². The summed E-state index contributed by atoms with van der Waals surface area (Å²) in [6.07, 6.45) is 7.43. The molecule has 0 aliphatic rings. The Morgan fingerprint density at radius 3 is 2.67 bits per heavy atom. The number of hydrogen-bond acceptors (Lipinski definition) is 3. The number of aryl methyl sites for hydroxylation is 1. The van der Waals surface area contributed by atoms with Crippen LogP contribution in [0.5, 0.6) is 0 Å². The standard InChI is InChI=1S/C16H16N4O/c1-16(2,21)6-4-12-8-13(14-9-18-19(3)10-14)11-20-15(12)5-7-17-20/h5,7-11,21H,1-3H3. The summed E-state index contributed by atoms with van der Waals surface area (Å²) in [5, 5.41) is 18.2. The van der Waals surface area contributed by atoms with Gasteiger partial charge in [0.05, 0.1) is 23.5 Å². The van der Waals surface area contributed by atoms with Crippen LogP contribution in [0.2, 0.25) is 0 Å². The maximum absolute atomic E-state index is 9.78. The molecule has 0 saturated carbocycles. The second-order valence-electron chi connectivity index (χ2n) is 5.52. The summed E-state index contributed by atoms with van der Waals surface area (Å²) in [6, 6.07) is 3.90. The van der Waals surface area contributed by atoms with E-state index in [1.807, 2.05) is 31.6 Å². The van der Waals surface area contributed by atoms with Crippen LogP contribution in [0.4, 0.5) is 0 Å². The number of rotatable bonds is 1. The van der Waals surface area contributed by atoms with E-state index in [0.29, 0.717) is 0 Å². The summed E-state index contributed by atoms with van der Waals surface area (Å²) < 4.78 is 3.54. The molecule has 0 atom stereocenters. The number of aromatic nitrogens is 4. The van der Waals surface area contributed by atoms with Gasteiger partial charge in [0.15, 0.2) is 0 Å². The van der Waals surface area contributed by atoms with Crippen molar-refractivity contribution in [1.82, 2.24) is 19.4 Å². The molecule has 0 radical (unpaired) electrons. The number of hydrogen-bond donors (Lipinski definition) is 1. The van der Waals surface area contributed by atoms with Crippen molar-refractivity contribution in [3.63, 3.8) is 0 Å². The van der Waals surface area contributed by atoms with Crippen LogP contribution in [0.15, 0.2) is 36.9 Å². The summed E-state index contributed by atoms with van der Waals surface area (Å²) in [6.45, 7) is 3.33. The van der Waals surface area contributed by atoms with Crippen molar-refractivity contribution in [2.75, 3.05) is 0 Å². The smallest absolute Gasteiger partial charge is 0.120 e. The molecule has 106 valence electrons. The molecule has 0 bridgehead atoms. The van der Waals surface area contributed by atoms with Crippen molar-refractivity contribution in [2.45, 2.75) is 19.4 Å². The Hall–Kier alpha value is -2.58. The lowest BCUT2D eigenvalue weighted by atomic mass is 10.1. The van der Waals surface area contributed by atoms with Crippen LogP contribution in [-0.2, 0) is 7.05 Å². The zero-order chi connectivity index (χ0) is 15.0. The summed E-state index contributed by atoms with van der Waals surface area (Å²) >= 11 is 0. The van der Waals surface area contributed by atoms with Gasteiger partial charge in [-0.1, -0.05) is 11.8 Å². The second kappa shape index (κ2) is 4.76. The van der Waals surface area contributed by atoms with E-state index in [1.165, 1.54) is 0 Å². The molecule has 0 fully saturated rings. The first-order valence-corrected chi connectivity index (χ1v) is 6.64. The Labute approximate surface area is 122 Å². The molecule has 0 aromatic carbocycles. The molecule has 0 aliphatic carbocycles. The minimum atomic E-state index is -1.03. The van der Waals surface area contributed by atoms with Gasteiger partial charge in [0, 0.05) is 30.6 Å². The molecule has 0 aliphatic heterocycles. The van der Waals surface area contributed by atoms with E-state index in [2.05, 4.69) is 22.0 Å². The first kappa shape index (κ1) is 13.4. The number of nitrogens with zero attached hydrogens (tertiary/aromatic N) is 4. The van der Waals surface area contributed by atoms with E-state index in [4.69, 9.17) is 0 Å². The average Bonchev–Trinajstić information content (AvgIpc) is 3.03. The molecule has 3 heterocycles. The van der Waals surface area contributed by atoms with Crippen LogP contribution in [0.3, 0.4) is 0 Å². The van der Waals surface area contributed by atoms with E-state index in [-0.39, 0.29) is 0 Å². The van der Waals surface area contributed by atoms with E-state index in [0.717, 1.165) is 22.2 Å². The van der Waals surface area contributed by atoms with Crippen LogP contribution in [0.1, 0.15) is 19.4 Å². The van der Waals surface area contributed by atoms with E-state index < -0.39 is 5.60 Å². The molecule has 3 aromatic heterocycles. The molecule has 5 heteroatoms. The monoisotopic (exact) mass is 280 g/mol. The van der Waals surface area contributed by atoms with Gasteiger partial charge in [-0.05, 0) is 26.0 Å². The van der Waals surface area contributed by atoms with E-state index in [9.17, 15) is 5.11 Å². The summed E-state index contributed by atoms with van der Waals surface area (Å²) in [7, 11) is 1.88. The van der Waals surface area contributed by atoms with Crippen LogP contribution >= 0.6 is 0 Å². The molecule has 0 saturated heterocycles. The van der Waals surface area contributed by atoms with Crippen molar-refractivity contribution < 1.29 is 5.11 Å². The number of aliphatic hydroxyl groups is 1. The van der Waals surface area contributed by atoms with Crippen LogP contribution in [0, 0.1) is 11.8 Å². The second-order valence-corrected chi connectivity index (χ2v) is 5.52. The van der Waals surface area contributed by atoms with Crippen LogP contribution in [0.25, 0.3) is 16.6 Å². The zero-order valence-electron chi connectivity index (χ0n) is 12.2. The zero-order valence-corrected chi connectivity index (χ0v) is 12.2. The third-order valence-electron chi connectivity index (χ3n) is 3.05. The molecule has 3 rings (SSSR count). The maximum atomic E-state index is 9.78. The summed E-state index contributed by atoms with van der Waals surface area (Å²) in [5.41, 5.74) is 2.71. The van der Waals surface area contributed by atoms with Crippen LogP contribution < -0.4 is 0 Å². The molecule has 3 aromatic rings. The fraction of sp³-hybridized carbons (Fsp3) is 0.250. The quantitative estimate of drug-likeness (QED) is 0.692. The highest BCUT2D eigenvalue weighted by Gasteiger charge is 2.09. The largest absolute Gasteiger partial charge is 0.378 e. The normalized spacial score (nSPS) is 11.4. The number of pyridine rings is 1. The van der Waals surface area contributed by atoms with Gasteiger partial charge in [0.2, 0.25) is 0 Å². The Morgan fingerprint density at radius 2 is 2.00 bits per heavy atom. The molecular weight excluding hydrogens is 264 g/mol. The highest BCUT2D eigenvalue weighted by atomic mass is 16.3. The maximum Gasteiger partial charge on any atom is 0.120 e. The minimum absolute atomic E-state index is 0.830. The van der Waals surface area contributed by atoms with Gasteiger partial charge in [0.25, 0.3) is 0 Å². The lowest BCUT2D eigenvalue weighted by molar-refractivity contribution is 0.143. The Bertz CT molecular complexity index is 856. The molecular formula is C16H16N4O. The van der Waals surface area contributed by atoms with Crippen molar-refractivity contribution in [3.8, 4) is 23.0 Å². The molecule has 0 unspecified atom stereocenters. The third kappa shape index (κ3) is 2.81. The number of fused-ring (bicyclic) bond motifs is 1. The van der Waals surface area contributed by atoms with Gasteiger partial charge >= 0.3 is 0 Å². The highest BCUT2D eigenvalue weighted by molar-refractivity contribution is 5.71. The first-order chi connectivity index (χ1) is 9.92. The molecule has 0 amide bonds. The van der Waals surface area contributed by atoms with Gasteiger partial charge in [-0.15, -0.1) is 0 Å². The van der Waals surface area contributed by atoms with Crippen molar-refractivity contribution in [2.24, 2.45) is 7.05 Å². The van der Waals surface area contributed by atoms with Crippen LogP contribution in [-0.4, -0.2) is 30.1 Å². The summed E-state index contributed by atoms with van der Waals surface area (Å²) in [5.74, 6) is 5.89. The van der Waals surface area contributed by atoms with Gasteiger partial charge in [-0.2, -0.15) is 10.2 Å². The SMILES string of the molecule is Cn1cc(-c2cc(C#CC(C)(C)O)c3ccnn3c2)cn1. The Morgan fingerprint density at radius 1 is 1.19 bits per heavy atom. The third-order valence-corrected chi connectivity index (χ3v) is 3.05. The molecule has 1 N–H and O–H groups in total. The predicted molar refractivity (Wildman–Crippen MR) is 80.6 cm³/mol. The molecule has 21 heavy (non-hydrogen) atoms.